The molecule has 1 heterocycles. The van der Waals surface area contributed by atoms with Crippen molar-refractivity contribution >= 4 is 0 Å². The second-order valence-corrected chi connectivity index (χ2v) is 3.16. The molecule has 1 aromatic carbocycles. The second-order valence-electron chi connectivity index (χ2n) is 3.16. The molecule has 0 aliphatic heterocycles. The molecule has 0 bridgehead atoms. The van der Waals surface area contributed by atoms with Gasteiger partial charge in [0.15, 0.2) is 0 Å². The van der Waals surface area contributed by atoms with Crippen molar-refractivity contribution < 1.29 is 5.11 Å². The Balaban J connectivity index is 2.23. The average molecular weight is 199 g/mol. The van der Waals surface area contributed by atoms with Crippen molar-refractivity contribution in [3.8, 4) is 11.8 Å². The fourth-order valence-corrected chi connectivity index (χ4v) is 1.35. The maximum Gasteiger partial charge on any atom is 0.213 e. The smallest absolute Gasteiger partial charge is 0.213 e. The number of imidazole rings is 1. The number of rotatable bonds is 2. The summed E-state index contributed by atoms with van der Waals surface area (Å²) >= 11 is 0. The molecule has 1 N–H and O–H groups in total. The zero-order valence-corrected chi connectivity index (χ0v) is 7.96. The van der Waals surface area contributed by atoms with E-state index in [9.17, 15) is 0 Å². The van der Waals surface area contributed by atoms with Crippen LogP contribution >= 0.6 is 0 Å². The van der Waals surface area contributed by atoms with Crippen molar-refractivity contribution in [3.63, 3.8) is 0 Å². The molecule has 4 heteroatoms. The molecule has 2 rings (SSSR count). The van der Waals surface area contributed by atoms with Gasteiger partial charge in [0.05, 0.1) is 0 Å². The van der Waals surface area contributed by atoms with E-state index in [1.807, 2.05) is 18.2 Å². The Bertz CT molecular complexity index is 493. The molecule has 0 atom stereocenters. The van der Waals surface area contributed by atoms with Gasteiger partial charge in [-0.05, 0) is 17.7 Å². The highest BCUT2D eigenvalue weighted by Crippen LogP contribution is 2.11. The minimum atomic E-state index is 0.241. The van der Waals surface area contributed by atoms with Crippen molar-refractivity contribution in [2.24, 2.45) is 0 Å². The monoisotopic (exact) mass is 199 g/mol. The Hall–Kier alpha value is -2.28. The third kappa shape index (κ3) is 1.97. The van der Waals surface area contributed by atoms with Crippen molar-refractivity contribution in [1.82, 2.24) is 9.55 Å². The normalized spacial score (nSPS) is 9.80. The van der Waals surface area contributed by atoms with Crippen LogP contribution in [0.4, 0.5) is 0 Å². The van der Waals surface area contributed by atoms with Gasteiger partial charge in [0.2, 0.25) is 5.82 Å². The van der Waals surface area contributed by atoms with Gasteiger partial charge in [-0.15, -0.1) is 0 Å². The molecule has 2 aromatic rings. The van der Waals surface area contributed by atoms with Gasteiger partial charge < -0.3 is 9.67 Å². The molecule has 0 saturated heterocycles. The van der Waals surface area contributed by atoms with Crippen LogP contribution in [0.15, 0.2) is 36.7 Å². The lowest BCUT2D eigenvalue weighted by molar-refractivity contribution is 0.475. The molecule has 0 unspecified atom stereocenters. The van der Waals surface area contributed by atoms with E-state index in [0.717, 1.165) is 5.56 Å². The standard InChI is InChI=1S/C11H9N3O/c12-7-11-13-5-6-14(11)8-9-1-3-10(15)4-2-9/h1-6,15H,8H2. The van der Waals surface area contributed by atoms with E-state index in [2.05, 4.69) is 4.98 Å². The van der Waals surface area contributed by atoms with Crippen molar-refractivity contribution in [1.29, 1.82) is 5.26 Å². The molecule has 0 amide bonds. The van der Waals surface area contributed by atoms with E-state index in [-0.39, 0.29) is 5.75 Å². The molecule has 0 spiro atoms. The van der Waals surface area contributed by atoms with Crippen LogP contribution in [-0.2, 0) is 6.54 Å². The number of hydrogen-bond acceptors (Lipinski definition) is 3. The Morgan fingerprint density at radius 1 is 1.33 bits per heavy atom. The summed E-state index contributed by atoms with van der Waals surface area (Å²) in [6.07, 6.45) is 3.35. The highest BCUT2D eigenvalue weighted by atomic mass is 16.3. The van der Waals surface area contributed by atoms with Crippen LogP contribution < -0.4 is 0 Å². The number of benzene rings is 1. The van der Waals surface area contributed by atoms with E-state index in [0.29, 0.717) is 12.4 Å². The van der Waals surface area contributed by atoms with Crippen LogP contribution in [0.2, 0.25) is 0 Å². The molecule has 0 radical (unpaired) electrons. The lowest BCUT2D eigenvalue weighted by Gasteiger charge is -2.03. The molecular weight excluding hydrogens is 190 g/mol. The first-order valence-electron chi connectivity index (χ1n) is 4.49. The Morgan fingerprint density at radius 3 is 2.73 bits per heavy atom. The molecule has 0 saturated carbocycles. The zero-order chi connectivity index (χ0) is 10.7. The number of aromatic hydroxyl groups is 1. The van der Waals surface area contributed by atoms with Crippen LogP contribution in [-0.4, -0.2) is 14.7 Å². The molecule has 0 aliphatic rings. The molecule has 0 aliphatic carbocycles. The van der Waals surface area contributed by atoms with Gasteiger partial charge >= 0.3 is 0 Å². The van der Waals surface area contributed by atoms with Crippen molar-refractivity contribution in [3.05, 3.63) is 48.0 Å². The molecule has 74 valence electrons. The average Bonchev–Trinajstić information content (AvgIpc) is 2.69. The molecular formula is C11H9N3O. The molecule has 4 nitrogen and oxygen atoms in total. The van der Waals surface area contributed by atoms with E-state index < -0.39 is 0 Å². The maximum atomic E-state index is 9.11. The van der Waals surface area contributed by atoms with E-state index in [4.69, 9.17) is 10.4 Å². The Labute approximate surface area is 87.0 Å². The molecule has 0 fully saturated rings. The lowest BCUT2D eigenvalue weighted by Crippen LogP contribution is -2.00. The third-order valence-corrected chi connectivity index (χ3v) is 2.10. The number of hydrogen-bond donors (Lipinski definition) is 1. The Morgan fingerprint density at radius 2 is 2.07 bits per heavy atom. The van der Waals surface area contributed by atoms with Gasteiger partial charge in [0, 0.05) is 18.9 Å². The number of nitrogens with zero attached hydrogens (tertiary/aromatic N) is 3. The fraction of sp³-hybridized carbons (Fsp3) is 0.0909. The summed E-state index contributed by atoms with van der Waals surface area (Å²) in [6.45, 7) is 0.586. The van der Waals surface area contributed by atoms with Gasteiger partial charge in [-0.3, -0.25) is 0 Å². The van der Waals surface area contributed by atoms with Crippen molar-refractivity contribution in [2.75, 3.05) is 0 Å². The zero-order valence-electron chi connectivity index (χ0n) is 7.96. The summed E-state index contributed by atoms with van der Waals surface area (Å²) in [5.41, 5.74) is 1.02. The third-order valence-electron chi connectivity index (χ3n) is 2.10. The number of phenols is 1. The molecule has 1 aromatic heterocycles. The minimum Gasteiger partial charge on any atom is -0.508 e. The summed E-state index contributed by atoms with van der Waals surface area (Å²) in [5.74, 6) is 0.632. The van der Waals surface area contributed by atoms with Crippen LogP contribution in [0, 0.1) is 11.3 Å². The van der Waals surface area contributed by atoms with E-state index in [1.54, 1.807) is 29.1 Å². The number of aromatic nitrogens is 2. The maximum absolute atomic E-state index is 9.11. The van der Waals surface area contributed by atoms with E-state index >= 15 is 0 Å². The SMILES string of the molecule is N#Cc1nccn1Cc1ccc(O)cc1. The highest BCUT2D eigenvalue weighted by molar-refractivity contribution is 5.26. The summed E-state index contributed by atoms with van der Waals surface area (Å²) < 4.78 is 1.76. The van der Waals surface area contributed by atoms with Crippen LogP contribution in [0.1, 0.15) is 11.4 Å². The summed E-state index contributed by atoms with van der Waals surface area (Å²) in [7, 11) is 0. The van der Waals surface area contributed by atoms with Gasteiger partial charge in [0.1, 0.15) is 11.8 Å². The summed E-state index contributed by atoms with van der Waals surface area (Å²) in [5, 5.41) is 17.9. The van der Waals surface area contributed by atoms with Gasteiger partial charge in [0.25, 0.3) is 0 Å². The van der Waals surface area contributed by atoms with Crippen LogP contribution in [0.25, 0.3) is 0 Å². The largest absolute Gasteiger partial charge is 0.508 e. The van der Waals surface area contributed by atoms with Gasteiger partial charge in [-0.25, -0.2) is 4.98 Å². The predicted molar refractivity (Wildman–Crippen MR) is 54.2 cm³/mol. The van der Waals surface area contributed by atoms with Gasteiger partial charge in [-0.2, -0.15) is 5.26 Å². The van der Waals surface area contributed by atoms with Crippen LogP contribution in [0.5, 0.6) is 5.75 Å². The summed E-state index contributed by atoms with van der Waals surface area (Å²) in [4.78, 5) is 3.90. The van der Waals surface area contributed by atoms with Gasteiger partial charge in [-0.1, -0.05) is 12.1 Å². The quantitative estimate of drug-likeness (QED) is 0.797. The minimum absolute atomic E-state index is 0.241. The lowest BCUT2D eigenvalue weighted by atomic mass is 10.2. The number of nitriles is 1. The fourth-order valence-electron chi connectivity index (χ4n) is 1.35. The first-order chi connectivity index (χ1) is 7.29. The highest BCUT2D eigenvalue weighted by Gasteiger charge is 2.01. The topological polar surface area (TPSA) is 61.8 Å². The van der Waals surface area contributed by atoms with Crippen LogP contribution in [0.3, 0.4) is 0 Å². The Kier molecular flexibility index (Phi) is 2.38. The first kappa shape index (κ1) is 9.28. The predicted octanol–water partition coefficient (Wildman–Crippen LogP) is 1.51. The number of phenolic OH excluding ortho intramolecular Hbond substituents is 1. The van der Waals surface area contributed by atoms with E-state index in [1.165, 1.54) is 0 Å². The molecule has 15 heavy (non-hydrogen) atoms. The second kappa shape index (κ2) is 3.84. The summed E-state index contributed by atoms with van der Waals surface area (Å²) in [6, 6.07) is 8.89. The first-order valence-corrected chi connectivity index (χ1v) is 4.49. The van der Waals surface area contributed by atoms with Crippen molar-refractivity contribution in [2.45, 2.75) is 6.54 Å².